The quantitative estimate of drug-likeness (QED) is 0.558. The van der Waals surface area contributed by atoms with Gasteiger partial charge in [-0.2, -0.15) is 0 Å². The lowest BCUT2D eigenvalue weighted by Gasteiger charge is -2.10. The molecule has 3 rings (SSSR count). The van der Waals surface area contributed by atoms with E-state index in [4.69, 9.17) is 0 Å². The zero-order chi connectivity index (χ0) is 19.4. The molecule has 0 fully saturated rings. The van der Waals surface area contributed by atoms with Crippen molar-refractivity contribution in [3.05, 3.63) is 59.4 Å². The average molecular weight is 403 g/mol. The van der Waals surface area contributed by atoms with Crippen molar-refractivity contribution in [3.63, 3.8) is 0 Å². The highest BCUT2D eigenvalue weighted by atomic mass is 32.2. The minimum atomic E-state index is -0.459. The molecule has 2 N–H and O–H groups in total. The highest BCUT2D eigenvalue weighted by molar-refractivity contribution is 8.02. The standard InChI is InChI=1S/C19H19FN4OS2/c1-11-8-9-14(10-12(11)2)21-18-23-24-19(27-18)26-13(3)17(25)22-16-7-5-4-6-15(16)20/h4-10,13H,1-3H3,(H,21,23)(H,22,25)/t13-/m0/s1. The molecule has 1 heterocycles. The molecule has 0 unspecified atom stereocenters. The number of hydrogen-bond acceptors (Lipinski definition) is 6. The van der Waals surface area contributed by atoms with Crippen LogP contribution in [0.3, 0.4) is 0 Å². The number of hydrogen-bond donors (Lipinski definition) is 2. The topological polar surface area (TPSA) is 66.9 Å². The zero-order valence-corrected chi connectivity index (χ0v) is 16.7. The predicted molar refractivity (Wildman–Crippen MR) is 109 cm³/mol. The Bertz CT molecular complexity index is 960. The molecule has 0 saturated carbocycles. The van der Waals surface area contributed by atoms with Gasteiger partial charge in [-0.1, -0.05) is 41.3 Å². The third kappa shape index (κ3) is 5.05. The van der Waals surface area contributed by atoms with Gasteiger partial charge in [0.05, 0.1) is 10.9 Å². The summed E-state index contributed by atoms with van der Waals surface area (Å²) in [7, 11) is 0. The second kappa shape index (κ2) is 8.49. The van der Waals surface area contributed by atoms with Crippen LogP contribution in [0.1, 0.15) is 18.1 Å². The number of anilines is 3. The van der Waals surface area contributed by atoms with E-state index < -0.39 is 11.1 Å². The highest BCUT2D eigenvalue weighted by Crippen LogP contribution is 2.31. The van der Waals surface area contributed by atoms with Gasteiger partial charge in [0.1, 0.15) is 5.82 Å². The Morgan fingerprint density at radius 2 is 1.93 bits per heavy atom. The van der Waals surface area contributed by atoms with Gasteiger partial charge >= 0.3 is 0 Å². The summed E-state index contributed by atoms with van der Waals surface area (Å²) in [5.41, 5.74) is 3.53. The summed E-state index contributed by atoms with van der Waals surface area (Å²) >= 11 is 2.65. The van der Waals surface area contributed by atoms with Crippen molar-refractivity contribution in [2.24, 2.45) is 0 Å². The molecule has 0 aliphatic carbocycles. The normalized spacial score (nSPS) is 11.9. The molecule has 8 heteroatoms. The number of para-hydroxylation sites is 1. The van der Waals surface area contributed by atoms with Crippen molar-refractivity contribution >= 4 is 45.5 Å². The van der Waals surface area contributed by atoms with Crippen LogP contribution in [0.5, 0.6) is 0 Å². The van der Waals surface area contributed by atoms with Crippen molar-refractivity contribution in [1.82, 2.24) is 10.2 Å². The van der Waals surface area contributed by atoms with Crippen LogP contribution >= 0.6 is 23.1 Å². The van der Waals surface area contributed by atoms with Gasteiger partial charge in [0.2, 0.25) is 11.0 Å². The van der Waals surface area contributed by atoms with E-state index in [1.165, 1.54) is 46.4 Å². The van der Waals surface area contributed by atoms with E-state index in [9.17, 15) is 9.18 Å². The second-order valence-corrected chi connectivity index (χ2v) is 8.59. The molecular formula is C19H19FN4OS2. The molecule has 1 atom stereocenters. The third-order valence-electron chi connectivity index (χ3n) is 3.94. The number of benzene rings is 2. The molecule has 1 aromatic heterocycles. The van der Waals surface area contributed by atoms with Crippen molar-refractivity contribution in [3.8, 4) is 0 Å². The van der Waals surface area contributed by atoms with Crippen LogP contribution in [0, 0.1) is 19.7 Å². The number of thioether (sulfide) groups is 1. The molecule has 0 aliphatic rings. The fourth-order valence-electron chi connectivity index (χ4n) is 2.25. The van der Waals surface area contributed by atoms with Crippen molar-refractivity contribution in [2.75, 3.05) is 10.6 Å². The van der Waals surface area contributed by atoms with Crippen molar-refractivity contribution in [2.45, 2.75) is 30.4 Å². The van der Waals surface area contributed by atoms with Crippen LogP contribution in [0.4, 0.5) is 20.9 Å². The maximum Gasteiger partial charge on any atom is 0.237 e. The molecule has 0 spiro atoms. The number of amides is 1. The SMILES string of the molecule is Cc1ccc(Nc2nnc(S[C@@H](C)C(=O)Nc3ccccc3F)s2)cc1C. The first-order chi connectivity index (χ1) is 12.9. The van der Waals surface area contributed by atoms with Crippen LogP contribution < -0.4 is 10.6 Å². The Balaban J connectivity index is 1.60. The maximum absolute atomic E-state index is 13.7. The molecule has 3 aromatic rings. The Kier molecular flexibility index (Phi) is 6.08. The van der Waals surface area contributed by atoms with Crippen molar-refractivity contribution in [1.29, 1.82) is 0 Å². The van der Waals surface area contributed by atoms with E-state index in [0.29, 0.717) is 9.47 Å². The van der Waals surface area contributed by atoms with E-state index in [-0.39, 0.29) is 11.6 Å². The number of carbonyl (C=O) groups is 1. The summed E-state index contributed by atoms with van der Waals surface area (Å²) in [5, 5.41) is 14.3. The third-order valence-corrected chi connectivity index (χ3v) is 5.97. The number of aryl methyl sites for hydroxylation is 2. The number of aromatic nitrogens is 2. The fourth-order valence-corrected chi connectivity index (χ4v) is 4.17. The Morgan fingerprint density at radius 1 is 1.15 bits per heavy atom. The highest BCUT2D eigenvalue weighted by Gasteiger charge is 2.18. The Hall–Kier alpha value is -2.45. The first-order valence-corrected chi connectivity index (χ1v) is 10.0. The van der Waals surface area contributed by atoms with Crippen LogP contribution in [0.2, 0.25) is 0 Å². The Labute approximate surface area is 165 Å². The lowest BCUT2D eigenvalue weighted by Crippen LogP contribution is -2.22. The van der Waals surface area contributed by atoms with Gasteiger partial charge in [0.15, 0.2) is 4.34 Å². The number of carbonyl (C=O) groups excluding carboxylic acids is 1. The summed E-state index contributed by atoms with van der Waals surface area (Å²) in [6, 6.07) is 12.2. The second-order valence-electron chi connectivity index (χ2n) is 6.03. The number of nitrogens with one attached hydrogen (secondary N) is 2. The van der Waals surface area contributed by atoms with Gasteiger partial charge < -0.3 is 10.6 Å². The van der Waals surface area contributed by atoms with Crippen LogP contribution in [-0.4, -0.2) is 21.4 Å². The summed E-state index contributed by atoms with van der Waals surface area (Å²) in [5.74, 6) is -0.747. The molecule has 0 bridgehead atoms. The first-order valence-electron chi connectivity index (χ1n) is 8.32. The van der Waals surface area contributed by atoms with E-state index in [1.54, 1.807) is 19.1 Å². The van der Waals surface area contributed by atoms with E-state index in [2.05, 4.69) is 34.7 Å². The molecule has 140 valence electrons. The zero-order valence-electron chi connectivity index (χ0n) is 15.1. The maximum atomic E-state index is 13.7. The molecule has 27 heavy (non-hydrogen) atoms. The molecule has 5 nitrogen and oxygen atoms in total. The summed E-state index contributed by atoms with van der Waals surface area (Å²) in [4.78, 5) is 12.3. The molecule has 0 aliphatic heterocycles. The number of rotatable bonds is 6. The summed E-state index contributed by atoms with van der Waals surface area (Å²) in [6.45, 7) is 5.86. The van der Waals surface area contributed by atoms with Gasteiger partial charge in [-0.3, -0.25) is 4.79 Å². The fraction of sp³-hybridized carbons (Fsp3) is 0.211. The van der Waals surface area contributed by atoms with Gasteiger partial charge in [0.25, 0.3) is 0 Å². The van der Waals surface area contributed by atoms with Crippen molar-refractivity contribution < 1.29 is 9.18 Å². The molecule has 0 radical (unpaired) electrons. The van der Waals surface area contributed by atoms with Gasteiger partial charge in [-0.05, 0) is 56.2 Å². The minimum Gasteiger partial charge on any atom is -0.330 e. The average Bonchev–Trinajstić information content (AvgIpc) is 3.07. The van der Waals surface area contributed by atoms with Gasteiger partial charge in [0, 0.05) is 5.69 Å². The molecule has 0 saturated heterocycles. The number of halogens is 1. The monoisotopic (exact) mass is 402 g/mol. The summed E-state index contributed by atoms with van der Waals surface area (Å²) < 4.78 is 14.3. The van der Waals surface area contributed by atoms with Crippen LogP contribution in [0.15, 0.2) is 46.8 Å². The molecule has 1 amide bonds. The van der Waals surface area contributed by atoms with Crippen LogP contribution in [0.25, 0.3) is 0 Å². The first kappa shape index (κ1) is 19.3. The van der Waals surface area contributed by atoms with E-state index in [1.807, 2.05) is 18.2 Å². The lowest BCUT2D eigenvalue weighted by molar-refractivity contribution is -0.115. The largest absolute Gasteiger partial charge is 0.330 e. The van der Waals surface area contributed by atoms with E-state index >= 15 is 0 Å². The molecule has 2 aromatic carbocycles. The number of nitrogens with zero attached hydrogens (tertiary/aromatic N) is 2. The summed E-state index contributed by atoms with van der Waals surface area (Å²) in [6.07, 6.45) is 0. The lowest BCUT2D eigenvalue weighted by atomic mass is 10.1. The van der Waals surface area contributed by atoms with Gasteiger partial charge in [-0.15, -0.1) is 10.2 Å². The van der Waals surface area contributed by atoms with E-state index in [0.717, 1.165) is 5.69 Å². The van der Waals surface area contributed by atoms with Crippen LogP contribution in [-0.2, 0) is 4.79 Å². The predicted octanol–water partition coefficient (Wildman–Crippen LogP) is 5.16. The van der Waals surface area contributed by atoms with Gasteiger partial charge in [-0.25, -0.2) is 4.39 Å². The minimum absolute atomic E-state index is 0.171. The smallest absolute Gasteiger partial charge is 0.237 e. The Morgan fingerprint density at radius 3 is 2.67 bits per heavy atom. The molecular weight excluding hydrogens is 383 g/mol.